The molecule has 1 heterocycles. The standard InChI is InChI=1S/C22H17N3O4/c1-2-29-17-11-9-16(10-12-17)25-21(26)19(14-23)18(20(24-25)22(27)28)13-8-15-6-4-3-5-7-15/h3-13H,2H2,1H3,(H,27,28)/b13-8+. The number of ether oxygens (including phenoxy) is 1. The van der Waals surface area contributed by atoms with Gasteiger partial charge in [-0.05, 0) is 36.8 Å². The summed E-state index contributed by atoms with van der Waals surface area (Å²) in [5, 5.41) is 23.2. The highest BCUT2D eigenvalue weighted by Crippen LogP contribution is 2.17. The lowest BCUT2D eigenvalue weighted by Gasteiger charge is -2.10. The quantitative estimate of drug-likeness (QED) is 0.695. The van der Waals surface area contributed by atoms with Crippen molar-refractivity contribution < 1.29 is 14.6 Å². The van der Waals surface area contributed by atoms with E-state index in [9.17, 15) is 20.0 Å². The lowest BCUT2D eigenvalue weighted by Crippen LogP contribution is -2.28. The van der Waals surface area contributed by atoms with Gasteiger partial charge in [-0.15, -0.1) is 0 Å². The second-order valence-electron chi connectivity index (χ2n) is 5.94. The summed E-state index contributed by atoms with van der Waals surface area (Å²) in [6.45, 7) is 2.34. The first kappa shape index (κ1) is 19.6. The van der Waals surface area contributed by atoms with Gasteiger partial charge in [-0.25, -0.2) is 4.79 Å². The molecule has 7 heteroatoms. The Labute approximate surface area is 166 Å². The molecule has 0 bridgehead atoms. The minimum atomic E-state index is -1.34. The summed E-state index contributed by atoms with van der Waals surface area (Å²) in [6.07, 6.45) is 3.05. The van der Waals surface area contributed by atoms with Gasteiger partial charge in [-0.1, -0.05) is 42.5 Å². The van der Waals surface area contributed by atoms with Crippen molar-refractivity contribution in [3.05, 3.63) is 87.3 Å². The van der Waals surface area contributed by atoms with Crippen LogP contribution in [-0.2, 0) is 0 Å². The molecule has 0 fully saturated rings. The van der Waals surface area contributed by atoms with E-state index in [0.29, 0.717) is 18.0 Å². The van der Waals surface area contributed by atoms with Gasteiger partial charge in [0.05, 0.1) is 12.3 Å². The zero-order chi connectivity index (χ0) is 20.8. The van der Waals surface area contributed by atoms with Gasteiger partial charge in [0.1, 0.15) is 17.4 Å². The topological polar surface area (TPSA) is 105 Å². The summed E-state index contributed by atoms with van der Waals surface area (Å²) in [7, 11) is 0. The Bertz CT molecular complexity index is 1160. The third kappa shape index (κ3) is 4.22. The van der Waals surface area contributed by atoms with Crippen LogP contribution >= 0.6 is 0 Å². The third-order valence-electron chi connectivity index (χ3n) is 4.08. The smallest absolute Gasteiger partial charge is 0.357 e. The largest absolute Gasteiger partial charge is 0.494 e. The second-order valence-corrected chi connectivity index (χ2v) is 5.94. The molecule has 0 spiro atoms. The van der Waals surface area contributed by atoms with Gasteiger partial charge in [0.15, 0.2) is 5.69 Å². The number of aromatic carboxylic acids is 1. The zero-order valence-corrected chi connectivity index (χ0v) is 15.6. The molecule has 0 unspecified atom stereocenters. The second kappa shape index (κ2) is 8.67. The molecule has 0 aliphatic carbocycles. The molecule has 0 radical (unpaired) electrons. The summed E-state index contributed by atoms with van der Waals surface area (Å²) in [6, 6.07) is 17.4. The number of carboxylic acid groups (broad SMARTS) is 1. The summed E-state index contributed by atoms with van der Waals surface area (Å²) in [5.41, 5.74) is -0.287. The van der Waals surface area contributed by atoms with Crippen LogP contribution in [0.5, 0.6) is 5.75 Å². The third-order valence-corrected chi connectivity index (χ3v) is 4.08. The molecule has 144 valence electrons. The molecule has 1 N–H and O–H groups in total. The highest BCUT2D eigenvalue weighted by atomic mass is 16.5. The van der Waals surface area contributed by atoms with Crippen molar-refractivity contribution in [1.29, 1.82) is 5.26 Å². The SMILES string of the molecule is CCOc1ccc(-n2nc(C(=O)O)c(/C=C/c3ccccc3)c(C#N)c2=O)cc1. The minimum absolute atomic E-state index is 0.0314. The molecule has 0 aliphatic rings. The molecule has 0 amide bonds. The highest BCUT2D eigenvalue weighted by Gasteiger charge is 2.21. The Balaban J connectivity index is 2.15. The average Bonchev–Trinajstić information content (AvgIpc) is 2.73. The van der Waals surface area contributed by atoms with Crippen LogP contribution in [0.15, 0.2) is 59.4 Å². The molecule has 1 aromatic heterocycles. The molecule has 29 heavy (non-hydrogen) atoms. The Morgan fingerprint density at radius 1 is 1.17 bits per heavy atom. The van der Waals surface area contributed by atoms with Crippen molar-refractivity contribution >= 4 is 18.1 Å². The molecular formula is C22H17N3O4. The van der Waals surface area contributed by atoms with Crippen LogP contribution in [0.1, 0.15) is 34.1 Å². The van der Waals surface area contributed by atoms with Crippen LogP contribution in [0.4, 0.5) is 0 Å². The van der Waals surface area contributed by atoms with E-state index in [0.717, 1.165) is 10.2 Å². The fourth-order valence-corrected chi connectivity index (χ4v) is 2.74. The molecular weight excluding hydrogens is 370 g/mol. The van der Waals surface area contributed by atoms with Crippen molar-refractivity contribution in [3.63, 3.8) is 0 Å². The number of benzene rings is 2. The normalized spacial score (nSPS) is 10.6. The van der Waals surface area contributed by atoms with Crippen LogP contribution in [0.2, 0.25) is 0 Å². The average molecular weight is 387 g/mol. The number of carbonyl (C=O) groups is 1. The Morgan fingerprint density at radius 2 is 1.86 bits per heavy atom. The number of aromatic nitrogens is 2. The Kier molecular flexibility index (Phi) is 5.85. The molecule has 0 atom stereocenters. The lowest BCUT2D eigenvalue weighted by atomic mass is 10.1. The monoisotopic (exact) mass is 387 g/mol. The number of hydrogen-bond acceptors (Lipinski definition) is 5. The van der Waals surface area contributed by atoms with Gasteiger partial charge in [0.2, 0.25) is 0 Å². The summed E-state index contributed by atoms with van der Waals surface area (Å²) in [5.74, 6) is -0.737. The Morgan fingerprint density at radius 3 is 2.45 bits per heavy atom. The molecule has 0 saturated heterocycles. The van der Waals surface area contributed by atoms with E-state index in [1.165, 1.54) is 6.08 Å². The molecule has 0 saturated carbocycles. The number of nitriles is 1. The van der Waals surface area contributed by atoms with Gasteiger partial charge in [0.25, 0.3) is 5.56 Å². The first-order valence-corrected chi connectivity index (χ1v) is 8.82. The summed E-state index contributed by atoms with van der Waals surface area (Å²) < 4.78 is 6.28. The van der Waals surface area contributed by atoms with Gasteiger partial charge < -0.3 is 9.84 Å². The first-order valence-electron chi connectivity index (χ1n) is 8.82. The van der Waals surface area contributed by atoms with Crippen LogP contribution < -0.4 is 10.3 Å². The van der Waals surface area contributed by atoms with E-state index in [-0.39, 0.29) is 16.8 Å². The number of carboxylic acids is 1. The molecule has 3 rings (SSSR count). The number of rotatable bonds is 6. The number of nitrogens with zero attached hydrogens (tertiary/aromatic N) is 3. The van der Waals surface area contributed by atoms with Gasteiger partial charge >= 0.3 is 5.97 Å². The van der Waals surface area contributed by atoms with E-state index in [1.54, 1.807) is 30.3 Å². The van der Waals surface area contributed by atoms with Crippen molar-refractivity contribution in [2.45, 2.75) is 6.92 Å². The Hall–Kier alpha value is -4.18. The van der Waals surface area contributed by atoms with Crippen molar-refractivity contribution in [3.8, 4) is 17.5 Å². The fourth-order valence-electron chi connectivity index (χ4n) is 2.74. The van der Waals surface area contributed by atoms with Gasteiger partial charge in [-0.2, -0.15) is 15.0 Å². The van der Waals surface area contributed by atoms with Crippen LogP contribution in [0.25, 0.3) is 17.8 Å². The summed E-state index contributed by atoms with van der Waals surface area (Å²) in [4.78, 5) is 24.6. The first-order chi connectivity index (χ1) is 14.0. The van der Waals surface area contributed by atoms with Crippen LogP contribution in [0, 0.1) is 11.3 Å². The van der Waals surface area contributed by atoms with E-state index in [2.05, 4.69) is 5.10 Å². The molecule has 0 aliphatic heterocycles. The molecule has 7 nitrogen and oxygen atoms in total. The number of hydrogen-bond donors (Lipinski definition) is 1. The summed E-state index contributed by atoms with van der Waals surface area (Å²) >= 11 is 0. The maximum absolute atomic E-state index is 12.8. The molecule has 2 aromatic carbocycles. The maximum Gasteiger partial charge on any atom is 0.357 e. The maximum atomic E-state index is 12.8. The van der Waals surface area contributed by atoms with E-state index < -0.39 is 11.5 Å². The van der Waals surface area contributed by atoms with E-state index >= 15 is 0 Å². The lowest BCUT2D eigenvalue weighted by molar-refractivity contribution is 0.0688. The fraction of sp³-hybridized carbons (Fsp3) is 0.0909. The van der Waals surface area contributed by atoms with Gasteiger partial charge in [-0.3, -0.25) is 4.79 Å². The zero-order valence-electron chi connectivity index (χ0n) is 15.6. The van der Waals surface area contributed by atoms with Crippen molar-refractivity contribution in [2.24, 2.45) is 0 Å². The van der Waals surface area contributed by atoms with Crippen molar-refractivity contribution in [1.82, 2.24) is 9.78 Å². The predicted octanol–water partition coefficient (Wildman–Crippen LogP) is 3.37. The van der Waals surface area contributed by atoms with Gasteiger partial charge in [0, 0.05) is 5.56 Å². The van der Waals surface area contributed by atoms with Crippen LogP contribution in [-0.4, -0.2) is 27.5 Å². The minimum Gasteiger partial charge on any atom is -0.494 e. The van der Waals surface area contributed by atoms with Crippen LogP contribution in [0.3, 0.4) is 0 Å². The van der Waals surface area contributed by atoms with E-state index in [4.69, 9.17) is 4.74 Å². The van der Waals surface area contributed by atoms with Crippen molar-refractivity contribution in [2.75, 3.05) is 6.61 Å². The molecule has 3 aromatic rings. The predicted molar refractivity (Wildman–Crippen MR) is 108 cm³/mol. The highest BCUT2D eigenvalue weighted by molar-refractivity contribution is 5.92. The van der Waals surface area contributed by atoms with E-state index in [1.807, 2.05) is 43.3 Å².